The fourth-order valence-corrected chi connectivity index (χ4v) is 3.18. The van der Waals surface area contributed by atoms with Gasteiger partial charge in [0.05, 0.1) is 5.75 Å². The van der Waals surface area contributed by atoms with Crippen molar-refractivity contribution in [3.05, 3.63) is 59.7 Å². The van der Waals surface area contributed by atoms with E-state index in [1.165, 1.54) is 18.7 Å². The number of rotatable bonds is 9. The highest BCUT2D eigenvalue weighted by molar-refractivity contribution is 7.99. The Morgan fingerprint density at radius 1 is 0.926 bits per heavy atom. The van der Waals surface area contributed by atoms with Crippen molar-refractivity contribution in [3.63, 3.8) is 0 Å². The van der Waals surface area contributed by atoms with Crippen LogP contribution in [0.3, 0.4) is 0 Å². The van der Waals surface area contributed by atoms with Crippen molar-refractivity contribution in [3.8, 4) is 0 Å². The van der Waals surface area contributed by atoms with Gasteiger partial charge < -0.3 is 10.6 Å². The molecular weight excluding hydrogens is 360 g/mol. The highest BCUT2D eigenvalue weighted by Gasteiger charge is 2.06. The summed E-state index contributed by atoms with van der Waals surface area (Å²) in [5, 5.41) is 5.67. The van der Waals surface area contributed by atoms with E-state index >= 15 is 0 Å². The lowest BCUT2D eigenvalue weighted by atomic mass is 10.1. The molecule has 0 aliphatic carbocycles. The molecule has 5 nitrogen and oxygen atoms in total. The molecule has 0 fully saturated rings. The Balaban J connectivity index is 1.61. The van der Waals surface area contributed by atoms with Crippen molar-refractivity contribution in [2.45, 2.75) is 26.7 Å². The monoisotopic (exact) mass is 384 g/mol. The van der Waals surface area contributed by atoms with Gasteiger partial charge >= 0.3 is 0 Å². The predicted octanol–water partition coefficient (Wildman–Crippen LogP) is 4.29. The summed E-state index contributed by atoms with van der Waals surface area (Å²) in [6, 6.07) is 14.5. The Morgan fingerprint density at radius 3 is 2.30 bits per heavy atom. The van der Waals surface area contributed by atoms with E-state index in [0.29, 0.717) is 29.8 Å². The van der Waals surface area contributed by atoms with Crippen molar-refractivity contribution in [1.29, 1.82) is 0 Å². The first-order valence-electron chi connectivity index (χ1n) is 8.79. The average Bonchev–Trinajstić information content (AvgIpc) is 2.62. The van der Waals surface area contributed by atoms with Crippen LogP contribution in [0.2, 0.25) is 0 Å². The second-order valence-electron chi connectivity index (χ2n) is 6.26. The zero-order valence-electron chi connectivity index (χ0n) is 15.6. The van der Waals surface area contributed by atoms with Crippen LogP contribution in [0, 0.1) is 6.92 Å². The molecule has 0 atom stereocenters. The summed E-state index contributed by atoms with van der Waals surface area (Å²) in [5.74, 6) is 0.942. The summed E-state index contributed by atoms with van der Waals surface area (Å²) in [6.45, 7) is 3.49. The van der Waals surface area contributed by atoms with Gasteiger partial charge in [0.25, 0.3) is 0 Å². The number of anilines is 2. The molecule has 0 heterocycles. The maximum absolute atomic E-state index is 11.9. The minimum Gasteiger partial charge on any atom is -0.326 e. The van der Waals surface area contributed by atoms with Gasteiger partial charge in [-0.3, -0.25) is 14.4 Å². The molecule has 0 saturated carbocycles. The van der Waals surface area contributed by atoms with Gasteiger partial charge in [0.1, 0.15) is 0 Å². The minimum absolute atomic E-state index is 0.00475. The maximum atomic E-state index is 11.9. The molecule has 0 saturated heterocycles. The van der Waals surface area contributed by atoms with Crippen LogP contribution in [-0.2, 0) is 9.59 Å². The first kappa shape index (κ1) is 20.7. The lowest BCUT2D eigenvalue weighted by Gasteiger charge is -2.07. The summed E-state index contributed by atoms with van der Waals surface area (Å²) >= 11 is 1.49. The molecule has 6 heteroatoms. The van der Waals surface area contributed by atoms with Crippen LogP contribution in [0.15, 0.2) is 48.5 Å². The summed E-state index contributed by atoms with van der Waals surface area (Å²) in [7, 11) is 0. The number of carbonyl (C=O) groups excluding carboxylic acids is 3. The molecular formula is C21H24N2O3S. The Bertz CT molecular complexity index is 803. The van der Waals surface area contributed by atoms with Gasteiger partial charge in [-0.25, -0.2) is 0 Å². The molecule has 0 spiro atoms. The molecule has 0 bridgehead atoms. The van der Waals surface area contributed by atoms with Crippen molar-refractivity contribution in [2.75, 3.05) is 22.1 Å². The number of Topliss-reactive ketones (excluding diaryl/α,β-unsaturated/α-hetero) is 1. The van der Waals surface area contributed by atoms with Crippen LogP contribution in [0.25, 0.3) is 0 Å². The van der Waals surface area contributed by atoms with E-state index in [0.717, 1.165) is 17.0 Å². The number of thioether (sulfide) groups is 1. The molecule has 0 radical (unpaired) electrons. The van der Waals surface area contributed by atoms with Crippen LogP contribution in [0.1, 0.15) is 35.7 Å². The first-order valence-corrected chi connectivity index (χ1v) is 9.94. The van der Waals surface area contributed by atoms with Crippen molar-refractivity contribution < 1.29 is 14.4 Å². The Kier molecular flexibility index (Phi) is 8.07. The SMILES string of the molecule is CC(=O)c1ccc(NC(=O)CSCCCC(=O)Nc2cccc(C)c2)cc1. The summed E-state index contributed by atoms with van der Waals surface area (Å²) < 4.78 is 0. The molecule has 0 unspecified atom stereocenters. The smallest absolute Gasteiger partial charge is 0.234 e. The van der Waals surface area contributed by atoms with E-state index in [4.69, 9.17) is 0 Å². The molecule has 142 valence electrons. The van der Waals surface area contributed by atoms with Crippen molar-refractivity contribution in [1.82, 2.24) is 0 Å². The second kappa shape index (κ2) is 10.5. The summed E-state index contributed by atoms with van der Waals surface area (Å²) in [6.07, 6.45) is 1.14. The van der Waals surface area contributed by atoms with Gasteiger partial charge in [-0.05, 0) is 68.0 Å². The third-order valence-corrected chi connectivity index (χ3v) is 4.85. The number of hydrogen-bond acceptors (Lipinski definition) is 4. The number of amides is 2. The van der Waals surface area contributed by atoms with Crippen molar-refractivity contribution in [2.24, 2.45) is 0 Å². The quantitative estimate of drug-likeness (QED) is 0.500. The Morgan fingerprint density at radius 2 is 1.63 bits per heavy atom. The molecule has 2 amide bonds. The fraction of sp³-hybridized carbons (Fsp3) is 0.286. The van der Waals surface area contributed by atoms with E-state index < -0.39 is 0 Å². The third kappa shape index (κ3) is 7.66. The summed E-state index contributed by atoms with van der Waals surface area (Å²) in [5.41, 5.74) is 3.20. The number of carbonyl (C=O) groups is 3. The largest absolute Gasteiger partial charge is 0.326 e. The molecule has 0 aromatic heterocycles. The molecule has 2 aromatic carbocycles. The molecule has 2 rings (SSSR count). The van der Waals surface area contributed by atoms with E-state index in [1.807, 2.05) is 31.2 Å². The van der Waals surface area contributed by atoms with Gasteiger partial charge in [-0.1, -0.05) is 12.1 Å². The van der Waals surface area contributed by atoms with E-state index in [-0.39, 0.29) is 17.6 Å². The van der Waals surface area contributed by atoms with E-state index in [2.05, 4.69) is 10.6 Å². The van der Waals surface area contributed by atoms with Crippen LogP contribution in [0.5, 0.6) is 0 Å². The van der Waals surface area contributed by atoms with Gasteiger partial charge in [0, 0.05) is 23.4 Å². The Hall–Kier alpha value is -2.60. The van der Waals surface area contributed by atoms with E-state index in [1.54, 1.807) is 24.3 Å². The molecule has 2 N–H and O–H groups in total. The fourth-order valence-electron chi connectivity index (χ4n) is 2.43. The molecule has 27 heavy (non-hydrogen) atoms. The number of aryl methyl sites for hydroxylation is 1. The van der Waals surface area contributed by atoms with Gasteiger partial charge in [-0.15, -0.1) is 0 Å². The normalized spacial score (nSPS) is 10.3. The molecule has 0 aliphatic heterocycles. The number of ketones is 1. The maximum Gasteiger partial charge on any atom is 0.234 e. The summed E-state index contributed by atoms with van der Waals surface area (Å²) in [4.78, 5) is 35.1. The first-order chi connectivity index (χ1) is 12.9. The predicted molar refractivity (Wildman–Crippen MR) is 111 cm³/mol. The number of hydrogen-bond donors (Lipinski definition) is 2. The molecule has 0 aliphatic rings. The number of benzene rings is 2. The highest BCUT2D eigenvalue weighted by Crippen LogP contribution is 2.13. The zero-order valence-corrected chi connectivity index (χ0v) is 16.4. The lowest BCUT2D eigenvalue weighted by molar-refractivity contribution is -0.116. The van der Waals surface area contributed by atoms with Crippen LogP contribution in [-0.4, -0.2) is 29.1 Å². The van der Waals surface area contributed by atoms with Crippen LogP contribution in [0.4, 0.5) is 11.4 Å². The Labute approximate surface area is 163 Å². The second-order valence-corrected chi connectivity index (χ2v) is 7.36. The topological polar surface area (TPSA) is 75.3 Å². The van der Waals surface area contributed by atoms with Gasteiger partial charge in [0.15, 0.2) is 5.78 Å². The lowest BCUT2D eigenvalue weighted by Crippen LogP contribution is -2.15. The standard InChI is InChI=1S/C21H24N2O3S/c1-15-5-3-6-19(13-15)23-20(25)7-4-12-27-14-21(26)22-18-10-8-17(9-11-18)16(2)24/h3,5-6,8-11,13H,4,7,12,14H2,1-2H3,(H,22,26)(H,23,25). The highest BCUT2D eigenvalue weighted by atomic mass is 32.2. The van der Waals surface area contributed by atoms with Gasteiger partial charge in [0.2, 0.25) is 11.8 Å². The molecule has 2 aromatic rings. The van der Waals surface area contributed by atoms with Crippen molar-refractivity contribution >= 4 is 40.7 Å². The number of nitrogens with one attached hydrogen (secondary N) is 2. The van der Waals surface area contributed by atoms with E-state index in [9.17, 15) is 14.4 Å². The zero-order chi connectivity index (χ0) is 19.6. The average molecular weight is 385 g/mol. The van der Waals surface area contributed by atoms with Crippen LogP contribution < -0.4 is 10.6 Å². The van der Waals surface area contributed by atoms with Crippen LogP contribution >= 0.6 is 11.8 Å². The van der Waals surface area contributed by atoms with Gasteiger partial charge in [-0.2, -0.15) is 11.8 Å². The third-order valence-electron chi connectivity index (χ3n) is 3.80. The minimum atomic E-state index is -0.0974.